The summed E-state index contributed by atoms with van der Waals surface area (Å²) in [5, 5.41) is 2.71. The molecule has 1 amide bonds. The zero-order valence-electron chi connectivity index (χ0n) is 5.78. The second kappa shape index (κ2) is 4.62. The third-order valence-electron chi connectivity index (χ3n) is 0.960. The second-order valence-electron chi connectivity index (χ2n) is 1.98. The van der Waals surface area contributed by atoms with Gasteiger partial charge in [-0.1, -0.05) is 6.92 Å². The lowest BCUT2D eigenvalue weighted by molar-refractivity contribution is -0.121. The average molecular weight is 150 g/mol. The first kappa shape index (κ1) is 8.76. The van der Waals surface area contributed by atoms with E-state index in [2.05, 4.69) is 5.32 Å². The summed E-state index contributed by atoms with van der Waals surface area (Å²) in [5.74, 6) is 0.536. The maximum absolute atomic E-state index is 10.6. The number of hydrogen-bond donors (Lipinski definition) is 1. The first-order chi connectivity index (χ1) is 4.20. The van der Waals surface area contributed by atoms with Crippen molar-refractivity contribution in [2.75, 3.05) is 5.88 Å². The highest BCUT2D eigenvalue weighted by Crippen LogP contribution is 1.86. The zero-order chi connectivity index (χ0) is 7.28. The summed E-state index contributed by atoms with van der Waals surface area (Å²) in [7, 11) is 0. The molecule has 3 heteroatoms. The van der Waals surface area contributed by atoms with Crippen LogP contribution in [0.15, 0.2) is 0 Å². The van der Waals surface area contributed by atoms with Crippen molar-refractivity contribution in [2.24, 2.45) is 0 Å². The summed E-state index contributed by atoms with van der Waals surface area (Å²) < 4.78 is 0. The lowest BCUT2D eigenvalue weighted by atomic mass is 10.3. The molecule has 0 saturated heterocycles. The topological polar surface area (TPSA) is 29.1 Å². The van der Waals surface area contributed by atoms with Crippen LogP contribution in [-0.4, -0.2) is 17.8 Å². The van der Waals surface area contributed by atoms with Crippen molar-refractivity contribution < 1.29 is 4.79 Å². The van der Waals surface area contributed by atoms with Crippen LogP contribution >= 0.6 is 11.6 Å². The van der Waals surface area contributed by atoms with Crippen molar-refractivity contribution in [1.82, 2.24) is 5.32 Å². The summed E-state index contributed by atoms with van der Waals surface area (Å²) in [6.07, 6.45) is 0.529. The zero-order valence-corrected chi connectivity index (χ0v) is 6.53. The third kappa shape index (κ3) is 4.28. The Balaban J connectivity index is 3.34. The molecule has 0 rings (SSSR count). The third-order valence-corrected chi connectivity index (χ3v) is 1.42. The molecule has 0 radical (unpaired) electrons. The minimum Gasteiger partial charge on any atom is -0.352 e. The van der Waals surface area contributed by atoms with Crippen molar-refractivity contribution in [3.63, 3.8) is 0 Å². The van der Waals surface area contributed by atoms with Gasteiger partial charge in [-0.05, 0) is 6.92 Å². The van der Waals surface area contributed by atoms with Crippen molar-refractivity contribution in [2.45, 2.75) is 26.3 Å². The first-order valence-corrected chi connectivity index (χ1v) is 3.59. The summed E-state index contributed by atoms with van der Waals surface area (Å²) in [5.41, 5.74) is 0. The molecule has 0 aliphatic rings. The Labute approximate surface area is 60.6 Å². The molecule has 0 heterocycles. The lowest BCUT2D eigenvalue weighted by Crippen LogP contribution is -2.32. The van der Waals surface area contributed by atoms with Crippen molar-refractivity contribution in [1.29, 1.82) is 0 Å². The van der Waals surface area contributed by atoms with Crippen LogP contribution in [0.5, 0.6) is 0 Å². The minimum atomic E-state index is 0.0585. The normalized spacial score (nSPS) is 12.8. The molecule has 0 saturated carbocycles. The van der Waals surface area contributed by atoms with Gasteiger partial charge in [0.05, 0.1) is 0 Å². The molecule has 0 aromatic rings. The molecule has 0 aliphatic heterocycles. The standard InChI is InChI=1S/C6H12ClNO/c1-3-6(9)8-5(2)4-7/h5H,3-4H2,1-2H3,(H,8,9). The highest BCUT2D eigenvalue weighted by molar-refractivity contribution is 6.18. The Hall–Kier alpha value is -0.240. The van der Waals surface area contributed by atoms with Crippen LogP contribution < -0.4 is 5.32 Å². The number of carbonyl (C=O) groups is 1. The Bertz CT molecular complexity index is 95.1. The minimum absolute atomic E-state index is 0.0585. The fraction of sp³-hybridized carbons (Fsp3) is 0.833. The number of halogens is 1. The monoisotopic (exact) mass is 149 g/mol. The molecule has 1 unspecified atom stereocenters. The Morgan fingerprint density at radius 3 is 2.67 bits per heavy atom. The summed E-state index contributed by atoms with van der Waals surface area (Å²) in [4.78, 5) is 10.6. The molecule has 2 nitrogen and oxygen atoms in total. The van der Waals surface area contributed by atoms with Crippen LogP contribution in [0.25, 0.3) is 0 Å². The predicted molar refractivity (Wildman–Crippen MR) is 38.6 cm³/mol. The Morgan fingerprint density at radius 2 is 2.33 bits per heavy atom. The van der Waals surface area contributed by atoms with Gasteiger partial charge in [-0.3, -0.25) is 4.79 Å². The van der Waals surface area contributed by atoms with Crippen molar-refractivity contribution in [3.05, 3.63) is 0 Å². The highest BCUT2D eigenvalue weighted by atomic mass is 35.5. The van der Waals surface area contributed by atoms with Crippen LogP contribution in [0, 0.1) is 0 Å². The molecule has 54 valence electrons. The van der Waals surface area contributed by atoms with Gasteiger partial charge < -0.3 is 5.32 Å². The van der Waals surface area contributed by atoms with Gasteiger partial charge >= 0.3 is 0 Å². The molecule has 0 bridgehead atoms. The largest absolute Gasteiger partial charge is 0.352 e. The van der Waals surface area contributed by atoms with Crippen molar-refractivity contribution in [3.8, 4) is 0 Å². The van der Waals surface area contributed by atoms with E-state index in [1.165, 1.54) is 0 Å². The number of nitrogens with one attached hydrogen (secondary N) is 1. The molecule has 1 N–H and O–H groups in total. The van der Waals surface area contributed by atoms with Crippen LogP contribution in [-0.2, 0) is 4.79 Å². The quantitative estimate of drug-likeness (QED) is 0.600. The fourth-order valence-electron chi connectivity index (χ4n) is 0.415. The van der Waals surface area contributed by atoms with E-state index in [9.17, 15) is 4.79 Å². The van der Waals surface area contributed by atoms with Gasteiger partial charge in [0.25, 0.3) is 0 Å². The van der Waals surface area contributed by atoms with Crippen LogP contribution in [0.2, 0.25) is 0 Å². The second-order valence-corrected chi connectivity index (χ2v) is 2.29. The smallest absolute Gasteiger partial charge is 0.219 e. The number of rotatable bonds is 3. The first-order valence-electron chi connectivity index (χ1n) is 3.06. The molecule has 0 aromatic carbocycles. The fourth-order valence-corrected chi connectivity index (χ4v) is 0.493. The van der Waals surface area contributed by atoms with Crippen LogP contribution in [0.1, 0.15) is 20.3 Å². The highest BCUT2D eigenvalue weighted by Gasteiger charge is 2.01. The number of alkyl halides is 1. The molecule has 0 aromatic heterocycles. The maximum Gasteiger partial charge on any atom is 0.219 e. The van der Waals surface area contributed by atoms with Crippen LogP contribution in [0.3, 0.4) is 0 Å². The summed E-state index contributed by atoms with van der Waals surface area (Å²) in [6, 6.07) is 0.0964. The van der Waals surface area contributed by atoms with Gasteiger partial charge in [0.15, 0.2) is 0 Å². The average Bonchev–Trinajstić information content (AvgIpc) is 1.87. The van der Waals surface area contributed by atoms with Crippen molar-refractivity contribution >= 4 is 17.5 Å². The molecule has 9 heavy (non-hydrogen) atoms. The number of amides is 1. The van der Waals surface area contributed by atoms with Gasteiger partial charge in [-0.2, -0.15) is 0 Å². The van der Waals surface area contributed by atoms with E-state index in [4.69, 9.17) is 11.6 Å². The Kier molecular flexibility index (Phi) is 4.50. The van der Waals surface area contributed by atoms with Gasteiger partial charge in [-0.25, -0.2) is 0 Å². The Morgan fingerprint density at radius 1 is 1.78 bits per heavy atom. The number of carbonyl (C=O) groups excluding carboxylic acids is 1. The molecule has 1 atom stereocenters. The van der Waals surface area contributed by atoms with E-state index in [-0.39, 0.29) is 11.9 Å². The van der Waals surface area contributed by atoms with Gasteiger partial charge in [0.1, 0.15) is 0 Å². The predicted octanol–water partition coefficient (Wildman–Crippen LogP) is 1.14. The van der Waals surface area contributed by atoms with Gasteiger partial charge in [0, 0.05) is 18.3 Å². The lowest BCUT2D eigenvalue weighted by Gasteiger charge is -2.07. The molecular formula is C6H12ClNO. The molecule has 0 fully saturated rings. The molecule has 0 spiro atoms. The number of hydrogen-bond acceptors (Lipinski definition) is 1. The van der Waals surface area contributed by atoms with E-state index in [0.29, 0.717) is 12.3 Å². The molecular weight excluding hydrogens is 138 g/mol. The van der Waals surface area contributed by atoms with Crippen LogP contribution in [0.4, 0.5) is 0 Å². The summed E-state index contributed by atoms with van der Waals surface area (Å²) >= 11 is 5.44. The SMILES string of the molecule is CCC(=O)NC(C)CCl. The van der Waals surface area contributed by atoms with E-state index in [1.807, 2.05) is 13.8 Å². The summed E-state index contributed by atoms with van der Waals surface area (Å²) in [6.45, 7) is 3.69. The van der Waals surface area contributed by atoms with E-state index in [1.54, 1.807) is 0 Å². The van der Waals surface area contributed by atoms with E-state index >= 15 is 0 Å². The van der Waals surface area contributed by atoms with E-state index in [0.717, 1.165) is 0 Å². The molecule has 0 aliphatic carbocycles. The maximum atomic E-state index is 10.6. The van der Waals surface area contributed by atoms with E-state index < -0.39 is 0 Å². The van der Waals surface area contributed by atoms with Gasteiger partial charge in [-0.15, -0.1) is 11.6 Å². The van der Waals surface area contributed by atoms with Gasteiger partial charge in [0.2, 0.25) is 5.91 Å².